The first-order valence-electron chi connectivity index (χ1n) is 4.82. The van der Waals surface area contributed by atoms with E-state index in [0.717, 1.165) is 15.4 Å². The molecule has 0 aliphatic carbocycles. The van der Waals surface area contributed by atoms with Gasteiger partial charge in [0.2, 0.25) is 0 Å². The molecule has 0 radical (unpaired) electrons. The van der Waals surface area contributed by atoms with Crippen LogP contribution in [-0.2, 0) is 4.74 Å². The lowest BCUT2D eigenvalue weighted by molar-refractivity contribution is 0.0600. The van der Waals surface area contributed by atoms with Gasteiger partial charge in [-0.05, 0) is 31.5 Å². The normalized spacial score (nSPS) is 10.8. The molecule has 0 saturated carbocycles. The first-order chi connectivity index (χ1) is 7.54. The van der Waals surface area contributed by atoms with Crippen LogP contribution in [0.1, 0.15) is 21.7 Å². The SMILES string of the molecule is COC(=O)c1c(C)oc2cc(Br)cc(C)c12. The fourth-order valence-corrected chi connectivity index (χ4v) is 2.40. The Kier molecular flexibility index (Phi) is 2.76. The molecule has 1 heterocycles. The molecule has 2 rings (SSSR count). The number of ether oxygens (including phenoxy) is 1. The molecule has 0 atom stereocenters. The highest BCUT2D eigenvalue weighted by Gasteiger charge is 2.20. The van der Waals surface area contributed by atoms with E-state index in [2.05, 4.69) is 15.9 Å². The van der Waals surface area contributed by atoms with Crippen LogP contribution >= 0.6 is 15.9 Å². The van der Waals surface area contributed by atoms with Gasteiger partial charge in [0.25, 0.3) is 0 Å². The Morgan fingerprint density at radius 3 is 2.69 bits per heavy atom. The molecule has 16 heavy (non-hydrogen) atoms. The summed E-state index contributed by atoms with van der Waals surface area (Å²) in [7, 11) is 1.37. The molecular weight excluding hydrogens is 272 g/mol. The van der Waals surface area contributed by atoms with Crippen LogP contribution in [0, 0.1) is 13.8 Å². The van der Waals surface area contributed by atoms with E-state index in [1.54, 1.807) is 6.92 Å². The number of carbonyl (C=O) groups is 1. The molecule has 84 valence electrons. The van der Waals surface area contributed by atoms with Crippen LogP contribution in [0.3, 0.4) is 0 Å². The summed E-state index contributed by atoms with van der Waals surface area (Å²) in [5.41, 5.74) is 2.20. The number of furan rings is 1. The van der Waals surface area contributed by atoms with E-state index < -0.39 is 0 Å². The van der Waals surface area contributed by atoms with Crippen molar-refractivity contribution in [2.24, 2.45) is 0 Å². The molecule has 0 unspecified atom stereocenters. The minimum atomic E-state index is -0.360. The molecule has 0 saturated heterocycles. The predicted octanol–water partition coefficient (Wildman–Crippen LogP) is 3.60. The minimum Gasteiger partial charge on any atom is -0.465 e. The molecule has 0 fully saturated rings. The number of carbonyl (C=O) groups excluding carboxylic acids is 1. The third-order valence-corrected chi connectivity index (χ3v) is 2.98. The summed E-state index contributed by atoms with van der Waals surface area (Å²) in [5, 5.41) is 0.826. The lowest BCUT2D eigenvalue weighted by Gasteiger charge is -2.00. The van der Waals surface area contributed by atoms with Gasteiger partial charge in [-0.2, -0.15) is 0 Å². The van der Waals surface area contributed by atoms with Crippen molar-refractivity contribution in [2.45, 2.75) is 13.8 Å². The molecule has 0 amide bonds. The van der Waals surface area contributed by atoms with Crippen molar-refractivity contribution < 1.29 is 13.9 Å². The third kappa shape index (κ3) is 1.63. The van der Waals surface area contributed by atoms with E-state index in [-0.39, 0.29) is 5.97 Å². The molecule has 0 N–H and O–H groups in total. The molecule has 1 aromatic carbocycles. The zero-order valence-electron chi connectivity index (χ0n) is 9.26. The van der Waals surface area contributed by atoms with E-state index in [9.17, 15) is 4.79 Å². The monoisotopic (exact) mass is 282 g/mol. The van der Waals surface area contributed by atoms with Gasteiger partial charge < -0.3 is 9.15 Å². The standard InChI is InChI=1S/C12H11BrO3/c1-6-4-8(13)5-9-10(6)11(7(2)16-9)12(14)15-3/h4-5H,1-3H3. The third-order valence-electron chi connectivity index (χ3n) is 2.52. The van der Waals surface area contributed by atoms with Crippen LogP contribution in [0.25, 0.3) is 11.0 Å². The number of fused-ring (bicyclic) bond motifs is 1. The summed E-state index contributed by atoms with van der Waals surface area (Å²) in [6, 6.07) is 3.80. The topological polar surface area (TPSA) is 39.4 Å². The second-order valence-corrected chi connectivity index (χ2v) is 4.54. The molecule has 1 aromatic heterocycles. The highest BCUT2D eigenvalue weighted by Crippen LogP contribution is 2.31. The van der Waals surface area contributed by atoms with Crippen molar-refractivity contribution in [1.82, 2.24) is 0 Å². The summed E-state index contributed by atoms with van der Waals surface area (Å²) in [6.07, 6.45) is 0. The van der Waals surface area contributed by atoms with Crippen molar-refractivity contribution in [1.29, 1.82) is 0 Å². The number of hydrogen-bond donors (Lipinski definition) is 0. The van der Waals surface area contributed by atoms with Gasteiger partial charge in [-0.25, -0.2) is 4.79 Å². The average molecular weight is 283 g/mol. The van der Waals surface area contributed by atoms with Gasteiger partial charge in [0.1, 0.15) is 16.9 Å². The van der Waals surface area contributed by atoms with Gasteiger partial charge >= 0.3 is 5.97 Å². The summed E-state index contributed by atoms with van der Waals surface area (Å²) < 4.78 is 11.2. The highest BCUT2D eigenvalue weighted by molar-refractivity contribution is 9.10. The van der Waals surface area contributed by atoms with E-state index in [0.29, 0.717) is 16.9 Å². The number of aryl methyl sites for hydroxylation is 2. The predicted molar refractivity (Wildman–Crippen MR) is 64.7 cm³/mol. The number of halogens is 1. The Balaban J connectivity index is 2.84. The van der Waals surface area contributed by atoms with E-state index in [1.165, 1.54) is 7.11 Å². The molecule has 3 nitrogen and oxygen atoms in total. The van der Waals surface area contributed by atoms with Crippen molar-refractivity contribution >= 4 is 32.9 Å². The maximum Gasteiger partial charge on any atom is 0.342 e. The Labute approximate surface area is 102 Å². The number of benzene rings is 1. The summed E-state index contributed by atoms with van der Waals surface area (Å²) >= 11 is 3.39. The summed E-state index contributed by atoms with van der Waals surface area (Å²) in [4.78, 5) is 11.7. The Morgan fingerprint density at radius 2 is 2.06 bits per heavy atom. The van der Waals surface area contributed by atoms with Gasteiger partial charge in [0.15, 0.2) is 0 Å². The van der Waals surface area contributed by atoms with Crippen LogP contribution in [0.5, 0.6) is 0 Å². The second-order valence-electron chi connectivity index (χ2n) is 3.62. The maximum absolute atomic E-state index is 11.7. The molecule has 0 aliphatic rings. The number of methoxy groups -OCH3 is 1. The van der Waals surface area contributed by atoms with Crippen LogP contribution in [-0.4, -0.2) is 13.1 Å². The molecule has 0 spiro atoms. The lowest BCUT2D eigenvalue weighted by Crippen LogP contribution is -2.02. The fourth-order valence-electron chi connectivity index (χ4n) is 1.85. The molecule has 0 aliphatic heterocycles. The van der Waals surface area contributed by atoms with E-state index in [1.807, 2.05) is 19.1 Å². The van der Waals surface area contributed by atoms with E-state index >= 15 is 0 Å². The van der Waals surface area contributed by atoms with Gasteiger partial charge in [0.05, 0.1) is 7.11 Å². The summed E-state index contributed by atoms with van der Waals surface area (Å²) in [5.74, 6) is 0.227. The Hall–Kier alpha value is -1.29. The van der Waals surface area contributed by atoms with Crippen molar-refractivity contribution in [3.8, 4) is 0 Å². The Bertz CT molecular complexity index is 569. The molecule has 0 bridgehead atoms. The van der Waals surface area contributed by atoms with Gasteiger partial charge in [-0.1, -0.05) is 15.9 Å². The number of esters is 1. The average Bonchev–Trinajstić information content (AvgIpc) is 2.53. The summed E-state index contributed by atoms with van der Waals surface area (Å²) in [6.45, 7) is 3.70. The minimum absolute atomic E-state index is 0.360. The molecule has 4 heteroatoms. The van der Waals surface area contributed by atoms with Crippen molar-refractivity contribution in [3.63, 3.8) is 0 Å². The van der Waals surface area contributed by atoms with Crippen LogP contribution in [0.4, 0.5) is 0 Å². The second kappa shape index (κ2) is 3.94. The lowest BCUT2D eigenvalue weighted by atomic mass is 10.1. The molecular formula is C12H11BrO3. The van der Waals surface area contributed by atoms with Gasteiger partial charge in [-0.15, -0.1) is 0 Å². The number of hydrogen-bond acceptors (Lipinski definition) is 3. The first kappa shape index (κ1) is 11.2. The fraction of sp³-hybridized carbons (Fsp3) is 0.250. The molecule has 2 aromatic rings. The zero-order valence-corrected chi connectivity index (χ0v) is 10.8. The maximum atomic E-state index is 11.7. The Morgan fingerprint density at radius 1 is 1.38 bits per heavy atom. The van der Waals surface area contributed by atoms with Crippen molar-refractivity contribution in [2.75, 3.05) is 7.11 Å². The van der Waals surface area contributed by atoms with E-state index in [4.69, 9.17) is 9.15 Å². The quantitative estimate of drug-likeness (QED) is 0.751. The largest absolute Gasteiger partial charge is 0.465 e. The van der Waals surface area contributed by atoms with Gasteiger partial charge in [0, 0.05) is 9.86 Å². The first-order valence-corrected chi connectivity index (χ1v) is 5.61. The van der Waals surface area contributed by atoms with Gasteiger partial charge in [-0.3, -0.25) is 0 Å². The van der Waals surface area contributed by atoms with Crippen LogP contribution in [0.2, 0.25) is 0 Å². The van der Waals surface area contributed by atoms with Crippen LogP contribution in [0.15, 0.2) is 21.0 Å². The smallest absolute Gasteiger partial charge is 0.342 e. The van der Waals surface area contributed by atoms with Crippen molar-refractivity contribution in [3.05, 3.63) is 33.5 Å². The zero-order chi connectivity index (χ0) is 11.9. The van der Waals surface area contributed by atoms with Crippen LogP contribution < -0.4 is 0 Å². The number of rotatable bonds is 1. The highest BCUT2D eigenvalue weighted by atomic mass is 79.9.